The molecule has 132 valence electrons. The summed E-state index contributed by atoms with van der Waals surface area (Å²) in [6.45, 7) is 0.508. The first-order valence-corrected chi connectivity index (χ1v) is 9.55. The van der Waals surface area contributed by atoms with Crippen LogP contribution >= 0.6 is 0 Å². The fourth-order valence-electron chi connectivity index (χ4n) is 2.69. The fraction of sp³-hybridized carbons (Fsp3) is 0.571. The number of hydrogen-bond acceptors (Lipinski definition) is 3. The second-order valence-electron chi connectivity index (χ2n) is 6.01. The van der Waals surface area contributed by atoms with Crippen LogP contribution in [0.4, 0.5) is 24.5 Å². The molecule has 1 aromatic carbocycles. The van der Waals surface area contributed by atoms with E-state index in [1.54, 1.807) is 11.0 Å². The van der Waals surface area contributed by atoms with Gasteiger partial charge in [-0.25, -0.2) is 4.72 Å². The minimum absolute atomic E-state index is 0.0224. The predicted molar refractivity (Wildman–Crippen MR) is 85.9 cm³/mol. The summed E-state index contributed by atoms with van der Waals surface area (Å²) < 4.78 is 63.1. The molecule has 0 atom stereocenters. The SMILES string of the molecule is CNS(C)(=O)(O)c1ccc(N2CCC(C(F)(F)F)CC2)c(N)c1. The highest BCUT2D eigenvalue weighted by Gasteiger charge is 2.41. The average molecular weight is 353 g/mol. The van der Waals surface area contributed by atoms with Gasteiger partial charge in [-0.05, 0) is 31.0 Å². The smallest absolute Gasteiger partial charge is 0.391 e. The number of nitrogens with two attached hydrogens (primary N) is 1. The highest BCUT2D eigenvalue weighted by Crippen LogP contribution is 2.38. The lowest BCUT2D eigenvalue weighted by Gasteiger charge is -2.39. The lowest BCUT2D eigenvalue weighted by molar-refractivity contribution is -0.179. The van der Waals surface area contributed by atoms with Crippen molar-refractivity contribution in [3.63, 3.8) is 0 Å². The van der Waals surface area contributed by atoms with Gasteiger partial charge < -0.3 is 10.6 Å². The van der Waals surface area contributed by atoms with Gasteiger partial charge in [-0.1, -0.05) is 0 Å². The Bertz CT molecular complexity index is 649. The minimum atomic E-state index is -4.16. The van der Waals surface area contributed by atoms with Crippen LogP contribution < -0.4 is 15.4 Å². The number of anilines is 2. The van der Waals surface area contributed by atoms with Crippen molar-refractivity contribution in [3.8, 4) is 0 Å². The summed E-state index contributed by atoms with van der Waals surface area (Å²) in [6.07, 6.45) is -2.93. The highest BCUT2D eigenvalue weighted by molar-refractivity contribution is 8.12. The van der Waals surface area contributed by atoms with Crippen molar-refractivity contribution in [2.75, 3.05) is 37.0 Å². The summed E-state index contributed by atoms with van der Waals surface area (Å²) in [6, 6.07) is 4.47. The molecule has 1 heterocycles. The molecule has 1 saturated heterocycles. The van der Waals surface area contributed by atoms with E-state index in [2.05, 4.69) is 4.72 Å². The predicted octanol–water partition coefficient (Wildman–Crippen LogP) is 2.46. The molecular formula is C14H22F3N3O2S. The zero-order chi connectivity index (χ0) is 17.5. The molecule has 0 unspecified atom stereocenters. The van der Waals surface area contributed by atoms with Gasteiger partial charge in [0.05, 0.1) is 22.2 Å². The normalized spacial score (nSPS) is 19.4. The van der Waals surface area contributed by atoms with Crippen LogP contribution in [0.5, 0.6) is 0 Å². The lowest BCUT2D eigenvalue weighted by atomic mass is 9.96. The number of halogens is 3. The Morgan fingerprint density at radius 3 is 2.35 bits per heavy atom. The van der Waals surface area contributed by atoms with Gasteiger partial charge in [-0.15, -0.1) is 9.53 Å². The third kappa shape index (κ3) is 3.78. The van der Waals surface area contributed by atoms with Crippen LogP contribution in [0.2, 0.25) is 0 Å². The van der Waals surface area contributed by atoms with E-state index in [1.807, 2.05) is 0 Å². The molecule has 1 aliphatic heterocycles. The number of nitrogen functional groups attached to an aromatic ring is 1. The number of piperidine rings is 1. The van der Waals surface area contributed by atoms with Crippen LogP contribution in [0, 0.1) is 5.92 Å². The quantitative estimate of drug-likeness (QED) is 0.730. The maximum Gasteiger partial charge on any atom is 0.391 e. The van der Waals surface area contributed by atoms with Crippen molar-refractivity contribution in [2.24, 2.45) is 5.92 Å². The number of nitrogens with one attached hydrogen (secondary N) is 1. The highest BCUT2D eigenvalue weighted by atomic mass is 32.3. The number of hydrogen-bond donors (Lipinski definition) is 3. The lowest BCUT2D eigenvalue weighted by Crippen LogP contribution is -2.44. The Morgan fingerprint density at radius 1 is 1.35 bits per heavy atom. The Balaban J connectivity index is 2.19. The van der Waals surface area contributed by atoms with Crippen LogP contribution in [-0.4, -0.2) is 41.3 Å². The minimum Gasteiger partial charge on any atom is -0.397 e. The van der Waals surface area contributed by atoms with Gasteiger partial charge in [0.25, 0.3) is 0 Å². The number of alkyl halides is 3. The van der Waals surface area contributed by atoms with E-state index in [9.17, 15) is 21.9 Å². The number of nitrogens with zero attached hydrogens (tertiary/aromatic N) is 1. The first-order valence-electron chi connectivity index (χ1n) is 7.22. The largest absolute Gasteiger partial charge is 0.397 e. The third-order valence-corrected chi connectivity index (χ3v) is 6.66. The summed E-state index contributed by atoms with van der Waals surface area (Å²) in [5, 5.41) is 0. The first-order chi connectivity index (χ1) is 10.4. The van der Waals surface area contributed by atoms with E-state index < -0.39 is 21.6 Å². The topological polar surface area (TPSA) is 78.6 Å². The molecule has 0 amide bonds. The van der Waals surface area contributed by atoms with Gasteiger partial charge in [-0.2, -0.15) is 17.4 Å². The molecule has 2 rings (SSSR count). The molecule has 0 saturated carbocycles. The van der Waals surface area contributed by atoms with Crippen LogP contribution in [0.3, 0.4) is 0 Å². The molecule has 23 heavy (non-hydrogen) atoms. The van der Waals surface area contributed by atoms with E-state index in [0.717, 1.165) is 0 Å². The number of rotatable bonds is 3. The van der Waals surface area contributed by atoms with E-state index in [-0.39, 0.29) is 36.5 Å². The zero-order valence-corrected chi connectivity index (χ0v) is 13.9. The van der Waals surface area contributed by atoms with E-state index >= 15 is 0 Å². The van der Waals surface area contributed by atoms with Crippen molar-refractivity contribution in [1.29, 1.82) is 0 Å². The molecule has 0 radical (unpaired) electrons. The molecule has 5 nitrogen and oxygen atoms in total. The Kier molecular flexibility index (Phi) is 4.42. The van der Waals surface area contributed by atoms with Crippen LogP contribution in [-0.2, 0) is 9.53 Å². The standard InChI is InChI=1S/C14H22F3N3O2S/c1-19-23(2,21,22)11-3-4-13(12(18)9-11)20-7-5-10(6-8-20)14(15,16)17/h3-4,9-10H,5-8,18H2,1-2H3,(H2,19,21,22). The molecular weight excluding hydrogens is 331 g/mol. The molecule has 0 spiro atoms. The summed E-state index contributed by atoms with van der Waals surface area (Å²) in [7, 11) is -2.78. The van der Waals surface area contributed by atoms with Gasteiger partial charge in [0.2, 0.25) is 0 Å². The second kappa shape index (κ2) is 5.64. The maximum absolute atomic E-state index is 12.7. The van der Waals surface area contributed by atoms with Gasteiger partial charge in [0, 0.05) is 26.4 Å². The molecule has 1 fully saturated rings. The van der Waals surface area contributed by atoms with Gasteiger partial charge in [-0.3, -0.25) is 4.55 Å². The Morgan fingerprint density at radius 2 is 1.91 bits per heavy atom. The third-order valence-electron chi connectivity index (χ3n) is 4.33. The van der Waals surface area contributed by atoms with Crippen LogP contribution in [0.25, 0.3) is 0 Å². The fourth-order valence-corrected chi connectivity index (χ4v) is 3.71. The van der Waals surface area contributed by atoms with Gasteiger partial charge >= 0.3 is 6.18 Å². The van der Waals surface area contributed by atoms with E-state index in [0.29, 0.717) is 5.69 Å². The van der Waals surface area contributed by atoms with Crippen molar-refractivity contribution in [3.05, 3.63) is 18.2 Å². The monoisotopic (exact) mass is 353 g/mol. The Labute approximate surface area is 133 Å². The molecule has 0 aromatic heterocycles. The number of benzene rings is 1. The van der Waals surface area contributed by atoms with Gasteiger partial charge in [0.1, 0.15) is 0 Å². The molecule has 0 bridgehead atoms. The molecule has 4 N–H and O–H groups in total. The Hall–Kier alpha value is -1.32. The molecule has 9 heteroatoms. The average Bonchev–Trinajstić information content (AvgIpc) is 2.46. The van der Waals surface area contributed by atoms with Crippen molar-refractivity contribution >= 4 is 20.9 Å². The molecule has 1 aliphatic rings. The first kappa shape index (κ1) is 18.0. The molecule has 1 aromatic rings. The van der Waals surface area contributed by atoms with Crippen molar-refractivity contribution < 1.29 is 21.9 Å². The second-order valence-corrected chi connectivity index (χ2v) is 9.46. The van der Waals surface area contributed by atoms with Crippen molar-refractivity contribution in [2.45, 2.75) is 23.9 Å². The van der Waals surface area contributed by atoms with Gasteiger partial charge in [0.15, 0.2) is 0 Å². The molecule has 0 aliphatic carbocycles. The van der Waals surface area contributed by atoms with Crippen LogP contribution in [0.1, 0.15) is 12.8 Å². The zero-order valence-electron chi connectivity index (χ0n) is 13.1. The van der Waals surface area contributed by atoms with Crippen molar-refractivity contribution in [1.82, 2.24) is 4.72 Å². The van der Waals surface area contributed by atoms with Crippen LogP contribution in [0.15, 0.2) is 23.1 Å². The maximum atomic E-state index is 12.7. The van der Waals surface area contributed by atoms with E-state index in [4.69, 9.17) is 5.73 Å². The summed E-state index contributed by atoms with van der Waals surface area (Å²) >= 11 is 0. The summed E-state index contributed by atoms with van der Waals surface area (Å²) in [5.41, 5.74) is 6.83. The summed E-state index contributed by atoms with van der Waals surface area (Å²) in [5.74, 6) is -1.28. The summed E-state index contributed by atoms with van der Waals surface area (Å²) in [4.78, 5) is 1.93. The van der Waals surface area contributed by atoms with E-state index in [1.165, 1.54) is 25.4 Å².